The summed E-state index contributed by atoms with van der Waals surface area (Å²) in [6.07, 6.45) is 3.02. The van der Waals surface area contributed by atoms with Crippen LogP contribution in [0.5, 0.6) is 0 Å². The van der Waals surface area contributed by atoms with E-state index < -0.39 is 5.92 Å². The third kappa shape index (κ3) is 2.72. The zero-order valence-electron chi connectivity index (χ0n) is 9.14. The molecule has 0 fully saturated rings. The van der Waals surface area contributed by atoms with E-state index in [0.717, 1.165) is 0 Å². The second-order valence-corrected chi connectivity index (χ2v) is 3.72. The van der Waals surface area contributed by atoms with Gasteiger partial charge in [-0.2, -0.15) is 5.10 Å². The van der Waals surface area contributed by atoms with Gasteiger partial charge in [-0.3, -0.25) is 9.89 Å². The number of anilines is 1. The van der Waals surface area contributed by atoms with Crippen molar-refractivity contribution in [3.63, 3.8) is 0 Å². The van der Waals surface area contributed by atoms with Gasteiger partial charge in [-0.05, 0) is 5.92 Å². The Morgan fingerprint density at radius 3 is 2.81 bits per heavy atom. The van der Waals surface area contributed by atoms with Crippen LogP contribution in [-0.4, -0.2) is 27.1 Å². The zero-order valence-corrected chi connectivity index (χ0v) is 9.14. The first-order valence-electron chi connectivity index (χ1n) is 4.83. The average Bonchev–Trinajstić information content (AvgIpc) is 2.69. The van der Waals surface area contributed by atoms with Crippen LogP contribution in [-0.2, 0) is 4.79 Å². The van der Waals surface area contributed by atoms with Gasteiger partial charge in [0.05, 0.1) is 11.9 Å². The number of carbonyl (C=O) groups is 1. The van der Waals surface area contributed by atoms with Crippen molar-refractivity contribution in [1.82, 2.24) is 10.2 Å². The summed E-state index contributed by atoms with van der Waals surface area (Å²) in [6.45, 7) is 3.63. The third-order valence-electron chi connectivity index (χ3n) is 2.15. The number of carbonyl (C=O) groups excluding carboxylic acids is 1. The quantitative estimate of drug-likeness (QED) is 0.256. The van der Waals surface area contributed by atoms with Crippen molar-refractivity contribution in [3.05, 3.63) is 12.4 Å². The summed E-state index contributed by atoms with van der Waals surface area (Å²) in [4.78, 5) is 11.8. The van der Waals surface area contributed by atoms with Crippen molar-refractivity contribution in [3.8, 4) is 0 Å². The van der Waals surface area contributed by atoms with Crippen molar-refractivity contribution in [1.29, 1.82) is 0 Å². The number of hydrogen-bond donors (Lipinski definition) is 4. The first-order chi connectivity index (χ1) is 7.56. The van der Waals surface area contributed by atoms with E-state index in [1.54, 1.807) is 6.20 Å². The summed E-state index contributed by atoms with van der Waals surface area (Å²) >= 11 is 0. The summed E-state index contributed by atoms with van der Waals surface area (Å²) in [5.74, 6) is -1.16. The highest BCUT2D eigenvalue weighted by molar-refractivity contribution is 6.07. The highest BCUT2D eigenvalue weighted by atomic mass is 16.4. The van der Waals surface area contributed by atoms with E-state index in [-0.39, 0.29) is 17.7 Å². The number of nitrogens with one attached hydrogen (secondary N) is 2. The van der Waals surface area contributed by atoms with Gasteiger partial charge in [0, 0.05) is 6.20 Å². The van der Waals surface area contributed by atoms with E-state index in [2.05, 4.69) is 20.7 Å². The van der Waals surface area contributed by atoms with Gasteiger partial charge in [-0.15, -0.1) is 0 Å². The summed E-state index contributed by atoms with van der Waals surface area (Å²) < 4.78 is 0. The van der Waals surface area contributed by atoms with Crippen LogP contribution in [0.4, 0.5) is 5.69 Å². The second-order valence-electron chi connectivity index (χ2n) is 3.72. The minimum Gasteiger partial charge on any atom is -0.409 e. The molecule has 1 heterocycles. The Balaban J connectivity index is 2.76. The molecule has 0 saturated carbocycles. The van der Waals surface area contributed by atoms with Gasteiger partial charge in [-0.1, -0.05) is 19.0 Å². The Kier molecular flexibility index (Phi) is 3.87. The predicted octanol–water partition coefficient (Wildman–Crippen LogP) is 0.367. The number of hydrogen-bond acceptors (Lipinski definition) is 4. The van der Waals surface area contributed by atoms with E-state index in [1.165, 1.54) is 6.20 Å². The van der Waals surface area contributed by atoms with Crippen molar-refractivity contribution < 1.29 is 10.0 Å². The minimum atomic E-state index is -0.667. The number of aromatic nitrogens is 2. The first-order valence-corrected chi connectivity index (χ1v) is 4.83. The lowest BCUT2D eigenvalue weighted by Gasteiger charge is -2.17. The van der Waals surface area contributed by atoms with Gasteiger partial charge < -0.3 is 16.3 Å². The number of amides is 1. The highest BCUT2D eigenvalue weighted by Gasteiger charge is 2.26. The molecule has 16 heavy (non-hydrogen) atoms. The fourth-order valence-corrected chi connectivity index (χ4v) is 1.38. The molecule has 88 valence electrons. The van der Waals surface area contributed by atoms with Crippen molar-refractivity contribution in [2.24, 2.45) is 22.7 Å². The maximum absolute atomic E-state index is 11.8. The molecule has 0 aliphatic carbocycles. The number of rotatable bonds is 4. The maximum atomic E-state index is 11.8. The fourth-order valence-electron chi connectivity index (χ4n) is 1.38. The van der Waals surface area contributed by atoms with Crippen molar-refractivity contribution in [2.75, 3.05) is 5.32 Å². The van der Waals surface area contributed by atoms with E-state index in [0.29, 0.717) is 5.69 Å². The number of aromatic amines is 1. The van der Waals surface area contributed by atoms with Crippen molar-refractivity contribution >= 4 is 17.4 Å². The Labute approximate surface area is 92.7 Å². The maximum Gasteiger partial charge on any atom is 0.235 e. The predicted molar refractivity (Wildman–Crippen MR) is 59.0 cm³/mol. The van der Waals surface area contributed by atoms with E-state index in [1.807, 2.05) is 13.8 Å². The molecule has 0 radical (unpaired) electrons. The molecule has 7 nitrogen and oxygen atoms in total. The van der Waals surface area contributed by atoms with Gasteiger partial charge >= 0.3 is 0 Å². The molecule has 0 aromatic carbocycles. The van der Waals surface area contributed by atoms with Crippen LogP contribution in [0.1, 0.15) is 13.8 Å². The normalized spacial score (nSPS) is 13.8. The molecule has 1 rings (SSSR count). The van der Waals surface area contributed by atoms with Crippen LogP contribution in [0.15, 0.2) is 17.5 Å². The molecule has 1 aromatic heterocycles. The Morgan fingerprint density at radius 1 is 1.69 bits per heavy atom. The van der Waals surface area contributed by atoms with Crippen LogP contribution in [0.25, 0.3) is 0 Å². The van der Waals surface area contributed by atoms with Crippen molar-refractivity contribution in [2.45, 2.75) is 13.8 Å². The molecule has 0 bridgehead atoms. The summed E-state index contributed by atoms with van der Waals surface area (Å²) in [5, 5.41) is 20.3. The summed E-state index contributed by atoms with van der Waals surface area (Å²) in [6, 6.07) is 0. The number of amidine groups is 1. The van der Waals surface area contributed by atoms with Gasteiger partial charge in [0.1, 0.15) is 5.92 Å². The number of H-pyrrole nitrogens is 1. The third-order valence-corrected chi connectivity index (χ3v) is 2.15. The molecule has 1 amide bonds. The molecule has 0 aliphatic heterocycles. The lowest BCUT2D eigenvalue weighted by Crippen LogP contribution is -2.38. The standard InChI is InChI=1S/C9H15N5O2/c1-5(2)7(8(10)14-16)9(15)13-6-3-11-12-4-6/h3-5,7,16H,1-2H3,(H2,10,14)(H,11,12)(H,13,15). The van der Waals surface area contributed by atoms with E-state index >= 15 is 0 Å². The van der Waals surface area contributed by atoms with Crippen LogP contribution in [0.2, 0.25) is 0 Å². The Bertz CT molecular complexity index is 371. The molecule has 1 unspecified atom stereocenters. The molecular weight excluding hydrogens is 210 g/mol. The van der Waals surface area contributed by atoms with Gasteiger partial charge in [-0.25, -0.2) is 0 Å². The molecule has 7 heteroatoms. The molecule has 0 spiro atoms. The fraction of sp³-hybridized carbons (Fsp3) is 0.444. The smallest absolute Gasteiger partial charge is 0.235 e. The van der Waals surface area contributed by atoms with Crippen LogP contribution >= 0.6 is 0 Å². The number of oxime groups is 1. The molecular formula is C9H15N5O2. The molecule has 0 saturated heterocycles. The Morgan fingerprint density at radius 2 is 2.38 bits per heavy atom. The zero-order chi connectivity index (χ0) is 12.1. The van der Waals surface area contributed by atoms with Crippen LogP contribution in [0, 0.1) is 11.8 Å². The first kappa shape index (κ1) is 12.0. The lowest BCUT2D eigenvalue weighted by atomic mass is 9.94. The van der Waals surface area contributed by atoms with Gasteiger partial charge in [0.15, 0.2) is 5.84 Å². The molecule has 0 aliphatic rings. The molecule has 1 aromatic rings. The average molecular weight is 225 g/mol. The summed E-state index contributed by atoms with van der Waals surface area (Å²) in [7, 11) is 0. The van der Waals surface area contributed by atoms with Crippen LogP contribution < -0.4 is 11.1 Å². The Hall–Kier alpha value is -2.05. The lowest BCUT2D eigenvalue weighted by molar-refractivity contribution is -0.119. The monoisotopic (exact) mass is 225 g/mol. The molecule has 5 N–H and O–H groups in total. The number of nitrogens with zero attached hydrogens (tertiary/aromatic N) is 2. The minimum absolute atomic E-state index is 0.0669. The molecule has 1 atom stereocenters. The second kappa shape index (κ2) is 5.15. The van der Waals surface area contributed by atoms with E-state index in [9.17, 15) is 4.79 Å². The number of nitrogens with two attached hydrogens (primary N) is 1. The van der Waals surface area contributed by atoms with Gasteiger partial charge in [0.25, 0.3) is 0 Å². The highest BCUT2D eigenvalue weighted by Crippen LogP contribution is 2.14. The SMILES string of the molecule is CC(C)C(C(=O)Nc1cn[nH]c1)C(N)=NO. The van der Waals surface area contributed by atoms with E-state index in [4.69, 9.17) is 10.9 Å². The van der Waals surface area contributed by atoms with Gasteiger partial charge in [0.2, 0.25) is 5.91 Å². The summed E-state index contributed by atoms with van der Waals surface area (Å²) in [5.41, 5.74) is 6.01. The largest absolute Gasteiger partial charge is 0.409 e. The van der Waals surface area contributed by atoms with Crippen LogP contribution in [0.3, 0.4) is 0 Å². The topological polar surface area (TPSA) is 116 Å².